The Morgan fingerprint density at radius 2 is 0.725 bits per heavy atom. The van der Waals surface area contributed by atoms with Gasteiger partial charge >= 0.3 is 5.97 Å². The maximum Gasteiger partial charge on any atom is 0.305 e. The van der Waals surface area contributed by atoms with Gasteiger partial charge in [-0.25, -0.2) is 0 Å². The lowest BCUT2D eigenvalue weighted by atomic mass is 10.0. The van der Waals surface area contributed by atoms with Crippen LogP contribution in [-0.4, -0.2) is 47.4 Å². The summed E-state index contributed by atoms with van der Waals surface area (Å²) in [5.41, 5.74) is 0. The van der Waals surface area contributed by atoms with Crippen molar-refractivity contribution < 1.29 is 24.5 Å². The topological polar surface area (TPSA) is 95.9 Å². The van der Waals surface area contributed by atoms with E-state index in [1.165, 1.54) is 238 Å². The number of aliphatic hydroxyl groups is 2. The zero-order valence-corrected chi connectivity index (χ0v) is 46.3. The number of unbranched alkanes of at least 4 members (excludes halogenated alkanes) is 42. The second-order valence-corrected chi connectivity index (χ2v) is 21.0. The molecule has 0 aliphatic carbocycles. The Morgan fingerprint density at radius 3 is 1.13 bits per heavy atom. The summed E-state index contributed by atoms with van der Waals surface area (Å²) in [5, 5.41) is 23.2. The second kappa shape index (κ2) is 58.6. The molecule has 0 saturated carbocycles. The highest BCUT2D eigenvalue weighted by Crippen LogP contribution is 2.17. The van der Waals surface area contributed by atoms with Crippen molar-refractivity contribution in [1.82, 2.24) is 5.32 Å². The Bertz CT molecular complexity index is 1120. The van der Waals surface area contributed by atoms with Crippen LogP contribution in [-0.2, 0) is 14.3 Å². The first-order valence-corrected chi connectivity index (χ1v) is 30.8. The first-order valence-electron chi connectivity index (χ1n) is 30.8. The Balaban J connectivity index is 3.46. The van der Waals surface area contributed by atoms with Crippen molar-refractivity contribution in [3.63, 3.8) is 0 Å². The van der Waals surface area contributed by atoms with Crippen LogP contribution in [0.4, 0.5) is 0 Å². The van der Waals surface area contributed by atoms with Crippen LogP contribution < -0.4 is 5.32 Å². The Morgan fingerprint density at radius 1 is 0.406 bits per heavy atom. The van der Waals surface area contributed by atoms with Gasteiger partial charge in [-0.1, -0.05) is 288 Å². The van der Waals surface area contributed by atoms with Gasteiger partial charge in [0.05, 0.1) is 25.4 Å². The van der Waals surface area contributed by atoms with Gasteiger partial charge in [-0.3, -0.25) is 9.59 Å². The van der Waals surface area contributed by atoms with Crippen molar-refractivity contribution in [3.05, 3.63) is 36.5 Å². The molecule has 0 aliphatic rings. The molecule has 0 radical (unpaired) electrons. The number of hydrogen-bond acceptors (Lipinski definition) is 5. The van der Waals surface area contributed by atoms with Crippen LogP contribution in [0.15, 0.2) is 36.5 Å². The molecule has 0 heterocycles. The summed E-state index contributed by atoms with van der Waals surface area (Å²) in [6.07, 6.45) is 73.1. The molecular formula is C63H119NO5. The molecule has 0 fully saturated rings. The van der Waals surface area contributed by atoms with E-state index in [0.29, 0.717) is 19.4 Å². The predicted octanol–water partition coefficient (Wildman–Crippen LogP) is 19.2. The fourth-order valence-corrected chi connectivity index (χ4v) is 9.43. The molecule has 0 bridgehead atoms. The van der Waals surface area contributed by atoms with Gasteiger partial charge in [0, 0.05) is 12.8 Å². The minimum atomic E-state index is -0.852. The van der Waals surface area contributed by atoms with E-state index in [1.54, 1.807) is 6.08 Å². The average molecular weight is 971 g/mol. The van der Waals surface area contributed by atoms with E-state index >= 15 is 0 Å². The highest BCUT2D eigenvalue weighted by molar-refractivity contribution is 5.76. The van der Waals surface area contributed by atoms with Gasteiger partial charge in [0.1, 0.15) is 0 Å². The van der Waals surface area contributed by atoms with Crippen LogP contribution in [0, 0.1) is 0 Å². The van der Waals surface area contributed by atoms with Gasteiger partial charge < -0.3 is 20.3 Å². The van der Waals surface area contributed by atoms with E-state index < -0.39 is 12.1 Å². The zero-order chi connectivity index (χ0) is 50.0. The summed E-state index contributed by atoms with van der Waals surface area (Å²) in [7, 11) is 0. The number of allylic oxidation sites excluding steroid dienone is 5. The number of carbonyl (C=O) groups excluding carboxylic acids is 2. The van der Waals surface area contributed by atoms with Gasteiger partial charge in [0.25, 0.3) is 0 Å². The SMILES string of the molecule is CCCCC/C=C\C/C=C\CCCCCCCCCC(=O)OCCCCCCCCCCCCCCCCCC(=O)NC(CO)C(O)/C=C/CCCCCCCCCCCCCCCCCCCC. The van der Waals surface area contributed by atoms with Crippen molar-refractivity contribution in [2.24, 2.45) is 0 Å². The minimum absolute atomic E-state index is 0.00787. The molecular weight excluding hydrogens is 851 g/mol. The molecule has 0 saturated heterocycles. The molecule has 0 aromatic rings. The summed E-state index contributed by atoms with van der Waals surface area (Å²) in [6.45, 7) is 4.88. The lowest BCUT2D eigenvalue weighted by molar-refractivity contribution is -0.143. The highest BCUT2D eigenvalue weighted by atomic mass is 16.5. The molecule has 0 aromatic heterocycles. The molecule has 0 aromatic carbocycles. The molecule has 69 heavy (non-hydrogen) atoms. The summed E-state index contributed by atoms with van der Waals surface area (Å²) in [5.74, 6) is -0.0824. The van der Waals surface area contributed by atoms with Crippen LogP contribution >= 0.6 is 0 Å². The Kier molecular flexibility index (Phi) is 57.0. The highest BCUT2D eigenvalue weighted by Gasteiger charge is 2.18. The van der Waals surface area contributed by atoms with E-state index in [9.17, 15) is 19.8 Å². The maximum absolute atomic E-state index is 12.5. The van der Waals surface area contributed by atoms with Gasteiger partial charge in [-0.15, -0.1) is 0 Å². The largest absolute Gasteiger partial charge is 0.466 e. The monoisotopic (exact) mass is 970 g/mol. The molecule has 406 valence electrons. The van der Waals surface area contributed by atoms with Crippen molar-refractivity contribution in [2.75, 3.05) is 13.2 Å². The number of hydrogen-bond donors (Lipinski definition) is 3. The number of carbonyl (C=O) groups is 2. The number of nitrogens with one attached hydrogen (secondary N) is 1. The average Bonchev–Trinajstić information content (AvgIpc) is 3.35. The first kappa shape index (κ1) is 67.1. The van der Waals surface area contributed by atoms with Crippen molar-refractivity contribution >= 4 is 11.9 Å². The van der Waals surface area contributed by atoms with Crippen molar-refractivity contribution in [1.29, 1.82) is 0 Å². The van der Waals surface area contributed by atoms with E-state index in [-0.39, 0.29) is 18.5 Å². The number of ether oxygens (including phenoxy) is 1. The van der Waals surface area contributed by atoms with E-state index in [1.807, 2.05) is 6.08 Å². The molecule has 0 spiro atoms. The van der Waals surface area contributed by atoms with Crippen molar-refractivity contribution in [2.45, 2.75) is 341 Å². The molecule has 6 heteroatoms. The summed E-state index contributed by atoms with van der Waals surface area (Å²) in [4.78, 5) is 24.6. The number of rotatable bonds is 57. The summed E-state index contributed by atoms with van der Waals surface area (Å²) < 4.78 is 5.48. The van der Waals surface area contributed by atoms with Crippen LogP contribution in [0.5, 0.6) is 0 Å². The van der Waals surface area contributed by atoms with Crippen LogP contribution in [0.2, 0.25) is 0 Å². The summed E-state index contributed by atoms with van der Waals surface area (Å²) in [6, 6.07) is -0.636. The molecule has 2 atom stereocenters. The molecule has 2 unspecified atom stereocenters. The number of esters is 1. The lowest BCUT2D eigenvalue weighted by Gasteiger charge is -2.20. The van der Waals surface area contributed by atoms with Gasteiger partial charge in [-0.05, 0) is 64.2 Å². The van der Waals surface area contributed by atoms with Gasteiger partial charge in [0.2, 0.25) is 5.91 Å². The number of aliphatic hydroxyl groups excluding tert-OH is 2. The third-order valence-corrected chi connectivity index (χ3v) is 14.2. The maximum atomic E-state index is 12.5. The van der Waals surface area contributed by atoms with E-state index in [4.69, 9.17) is 4.74 Å². The molecule has 0 rings (SSSR count). The van der Waals surface area contributed by atoms with E-state index in [0.717, 1.165) is 64.2 Å². The Hall–Kier alpha value is -1.92. The van der Waals surface area contributed by atoms with Crippen LogP contribution in [0.3, 0.4) is 0 Å². The normalized spacial score (nSPS) is 12.8. The summed E-state index contributed by atoms with van der Waals surface area (Å²) >= 11 is 0. The molecule has 1 amide bonds. The minimum Gasteiger partial charge on any atom is -0.466 e. The van der Waals surface area contributed by atoms with Gasteiger partial charge in [-0.2, -0.15) is 0 Å². The zero-order valence-electron chi connectivity index (χ0n) is 46.3. The lowest BCUT2D eigenvalue weighted by Crippen LogP contribution is -2.45. The predicted molar refractivity (Wildman–Crippen MR) is 301 cm³/mol. The molecule has 0 aliphatic heterocycles. The van der Waals surface area contributed by atoms with Crippen LogP contribution in [0.25, 0.3) is 0 Å². The first-order chi connectivity index (χ1) is 34.0. The molecule has 3 N–H and O–H groups in total. The van der Waals surface area contributed by atoms with Crippen LogP contribution in [0.1, 0.15) is 328 Å². The number of amides is 1. The van der Waals surface area contributed by atoms with E-state index in [2.05, 4.69) is 43.5 Å². The smallest absolute Gasteiger partial charge is 0.305 e. The third-order valence-electron chi connectivity index (χ3n) is 14.2. The Labute approximate surface area is 430 Å². The quantitative estimate of drug-likeness (QED) is 0.0321. The third kappa shape index (κ3) is 55.2. The molecule has 6 nitrogen and oxygen atoms in total. The fraction of sp³-hybridized carbons (Fsp3) is 0.873. The second-order valence-electron chi connectivity index (χ2n) is 21.0. The van der Waals surface area contributed by atoms with Crippen molar-refractivity contribution in [3.8, 4) is 0 Å². The van der Waals surface area contributed by atoms with Gasteiger partial charge in [0.15, 0.2) is 0 Å². The fourth-order valence-electron chi connectivity index (χ4n) is 9.43. The standard InChI is InChI=1S/C63H119NO5/c1-3-5-7-9-11-13-15-17-19-21-22-23-25-27-31-35-39-43-47-51-55-61(66)60(59-65)64-62(67)56-52-48-44-40-36-32-28-26-30-34-38-42-46-50-54-58-69-63(68)57-53-49-45-41-37-33-29-24-20-18-16-14-12-10-8-6-4-2/h12,14,18,20,51,55,60-61,65-66H,3-11,13,15-17,19,21-50,52-54,56-59H2,1-2H3,(H,64,67)/b14-12-,20-18-,55-51+.